The van der Waals surface area contributed by atoms with E-state index in [4.69, 9.17) is 4.74 Å². The fraction of sp³-hybridized carbons (Fsp3) is 0.478. The number of rotatable bonds is 8. The number of guanidine groups is 1. The zero-order valence-corrected chi connectivity index (χ0v) is 22.1. The molecule has 0 spiro atoms. The number of nitrogens with zero attached hydrogens (tertiary/aromatic N) is 2. The summed E-state index contributed by atoms with van der Waals surface area (Å²) in [5.74, 6) is 1.37. The van der Waals surface area contributed by atoms with Gasteiger partial charge in [0.25, 0.3) is 0 Å². The van der Waals surface area contributed by atoms with Gasteiger partial charge in [-0.1, -0.05) is 18.2 Å². The van der Waals surface area contributed by atoms with E-state index in [1.807, 2.05) is 31.2 Å². The van der Waals surface area contributed by atoms with Crippen molar-refractivity contribution in [2.75, 3.05) is 12.8 Å². The van der Waals surface area contributed by atoms with Crippen LogP contribution in [0.5, 0.6) is 5.88 Å². The Morgan fingerprint density at radius 2 is 1.97 bits per heavy atom. The monoisotopic (exact) mass is 572 g/mol. The van der Waals surface area contributed by atoms with Crippen LogP contribution >= 0.6 is 24.0 Å². The molecule has 2 N–H and O–H groups in total. The maximum atomic E-state index is 11.8. The molecule has 0 aliphatic heterocycles. The summed E-state index contributed by atoms with van der Waals surface area (Å²) in [6.45, 7) is 5.55. The summed E-state index contributed by atoms with van der Waals surface area (Å²) in [4.78, 5) is 9.43. The van der Waals surface area contributed by atoms with Gasteiger partial charge in [0, 0.05) is 31.1 Å². The van der Waals surface area contributed by atoms with Gasteiger partial charge in [0.1, 0.15) is 6.10 Å². The van der Waals surface area contributed by atoms with E-state index in [2.05, 4.69) is 20.6 Å². The molecule has 1 saturated carbocycles. The van der Waals surface area contributed by atoms with Crippen molar-refractivity contribution in [2.24, 2.45) is 4.99 Å². The zero-order valence-electron chi connectivity index (χ0n) is 18.9. The molecule has 1 aromatic heterocycles. The van der Waals surface area contributed by atoms with Crippen molar-refractivity contribution in [3.8, 4) is 5.88 Å². The van der Waals surface area contributed by atoms with E-state index in [0.717, 1.165) is 36.1 Å². The van der Waals surface area contributed by atoms with Gasteiger partial charge in [-0.05, 0) is 62.8 Å². The largest absolute Gasteiger partial charge is 0.474 e. The van der Waals surface area contributed by atoms with Crippen molar-refractivity contribution >= 4 is 39.8 Å². The molecule has 7 nitrogen and oxygen atoms in total. The number of pyridine rings is 1. The number of halogens is 1. The summed E-state index contributed by atoms with van der Waals surface area (Å²) in [5.41, 5.74) is 2.68. The Morgan fingerprint density at radius 1 is 1.22 bits per heavy atom. The molecule has 32 heavy (non-hydrogen) atoms. The lowest BCUT2D eigenvalue weighted by molar-refractivity contribution is 0.199. The lowest BCUT2D eigenvalue weighted by atomic mass is 10.1. The van der Waals surface area contributed by atoms with Gasteiger partial charge in [-0.25, -0.2) is 18.4 Å². The molecule has 1 aliphatic carbocycles. The molecular weight excluding hydrogens is 539 g/mol. The van der Waals surface area contributed by atoms with Gasteiger partial charge in [-0.15, -0.1) is 24.0 Å². The van der Waals surface area contributed by atoms with Crippen molar-refractivity contribution in [3.05, 3.63) is 53.2 Å². The first kappa shape index (κ1) is 26.4. The standard InChI is InChI=1S/C23H32N4O3S.HI/c1-4-24-23(26-15-18-11-12-21(17(2)14-18)31(3,28)29)27-16-19-8-7-13-25-22(19)30-20-9-5-6-10-20;/h7-8,11-14,20H,4-6,9-10,15-16H2,1-3H3,(H2,24,26,27);1H. The highest BCUT2D eigenvalue weighted by Gasteiger charge is 2.18. The number of hydrogen-bond donors (Lipinski definition) is 2. The molecule has 3 rings (SSSR count). The second kappa shape index (κ2) is 12.4. The molecule has 0 saturated heterocycles. The topological polar surface area (TPSA) is 92.7 Å². The van der Waals surface area contributed by atoms with Crippen LogP contribution in [0.15, 0.2) is 46.4 Å². The van der Waals surface area contributed by atoms with E-state index < -0.39 is 9.84 Å². The quantitative estimate of drug-likeness (QED) is 0.283. The lowest BCUT2D eigenvalue weighted by Gasteiger charge is -2.16. The molecule has 1 aromatic carbocycles. The minimum atomic E-state index is -3.22. The Morgan fingerprint density at radius 3 is 2.62 bits per heavy atom. The second-order valence-corrected chi connectivity index (χ2v) is 9.90. The first-order chi connectivity index (χ1) is 14.9. The summed E-state index contributed by atoms with van der Waals surface area (Å²) < 4.78 is 29.7. The third kappa shape index (κ3) is 7.61. The highest BCUT2D eigenvalue weighted by molar-refractivity contribution is 14.0. The number of ether oxygens (including phenoxy) is 1. The molecule has 0 atom stereocenters. The maximum Gasteiger partial charge on any atom is 0.218 e. The fourth-order valence-electron chi connectivity index (χ4n) is 3.75. The molecule has 0 unspecified atom stereocenters. The van der Waals surface area contributed by atoms with E-state index >= 15 is 0 Å². The molecule has 0 radical (unpaired) electrons. The minimum absolute atomic E-state index is 0. The van der Waals surface area contributed by atoms with Crippen molar-refractivity contribution in [1.29, 1.82) is 0 Å². The van der Waals surface area contributed by atoms with Gasteiger partial charge >= 0.3 is 0 Å². The zero-order chi connectivity index (χ0) is 22.3. The van der Waals surface area contributed by atoms with Crippen LogP contribution in [0.2, 0.25) is 0 Å². The first-order valence-electron chi connectivity index (χ1n) is 10.8. The van der Waals surface area contributed by atoms with Crippen LogP contribution in [0.4, 0.5) is 0 Å². The van der Waals surface area contributed by atoms with Gasteiger partial charge in [-0.3, -0.25) is 0 Å². The molecule has 1 aliphatic rings. The van der Waals surface area contributed by atoms with Gasteiger partial charge in [-0.2, -0.15) is 0 Å². The highest BCUT2D eigenvalue weighted by Crippen LogP contribution is 2.25. The van der Waals surface area contributed by atoms with Crippen molar-refractivity contribution in [3.63, 3.8) is 0 Å². The number of hydrogen-bond acceptors (Lipinski definition) is 5. The van der Waals surface area contributed by atoms with Gasteiger partial charge in [0.15, 0.2) is 15.8 Å². The van der Waals surface area contributed by atoms with Crippen LogP contribution in [0.1, 0.15) is 49.3 Å². The Labute approximate surface area is 208 Å². The third-order valence-electron chi connectivity index (χ3n) is 5.28. The van der Waals surface area contributed by atoms with E-state index in [9.17, 15) is 8.42 Å². The first-order valence-corrected chi connectivity index (χ1v) is 12.7. The molecule has 9 heteroatoms. The van der Waals surface area contributed by atoms with Crippen LogP contribution < -0.4 is 15.4 Å². The van der Waals surface area contributed by atoms with Gasteiger partial charge in [0.05, 0.1) is 11.4 Å². The number of benzene rings is 1. The Hall–Kier alpha value is -1.88. The van der Waals surface area contributed by atoms with E-state index in [1.54, 1.807) is 19.2 Å². The predicted octanol–water partition coefficient (Wildman–Crippen LogP) is 3.99. The predicted molar refractivity (Wildman–Crippen MR) is 138 cm³/mol. The highest BCUT2D eigenvalue weighted by atomic mass is 127. The summed E-state index contributed by atoms with van der Waals surface area (Å²) in [7, 11) is -3.22. The summed E-state index contributed by atoms with van der Waals surface area (Å²) in [6, 6.07) is 9.26. The molecule has 2 aromatic rings. The van der Waals surface area contributed by atoms with Crippen LogP contribution in [0, 0.1) is 6.92 Å². The Balaban J connectivity index is 0.00000363. The van der Waals surface area contributed by atoms with E-state index in [1.165, 1.54) is 19.1 Å². The lowest BCUT2D eigenvalue weighted by Crippen LogP contribution is -2.37. The Bertz CT molecular complexity index is 1020. The average molecular weight is 573 g/mol. The SMILES string of the molecule is CCNC(=NCc1ccc(S(C)(=O)=O)c(C)c1)NCc1cccnc1OC1CCCC1.I. The molecule has 0 amide bonds. The summed E-state index contributed by atoms with van der Waals surface area (Å²) >= 11 is 0. The van der Waals surface area contributed by atoms with Crippen LogP contribution in [0.3, 0.4) is 0 Å². The number of aryl methyl sites for hydroxylation is 1. The fourth-order valence-corrected chi connectivity index (χ4v) is 4.70. The summed E-state index contributed by atoms with van der Waals surface area (Å²) in [6.07, 6.45) is 7.85. The van der Waals surface area contributed by atoms with Crippen LogP contribution in [-0.4, -0.2) is 38.3 Å². The Kier molecular flexibility index (Phi) is 10.2. The van der Waals surface area contributed by atoms with E-state index in [0.29, 0.717) is 29.8 Å². The van der Waals surface area contributed by atoms with Crippen LogP contribution in [0.25, 0.3) is 0 Å². The third-order valence-corrected chi connectivity index (χ3v) is 6.54. The molecular formula is C23H33IN4O3S. The van der Waals surface area contributed by atoms with Crippen molar-refractivity contribution in [1.82, 2.24) is 15.6 Å². The van der Waals surface area contributed by atoms with Gasteiger partial charge < -0.3 is 15.4 Å². The number of aromatic nitrogens is 1. The van der Waals surface area contributed by atoms with Crippen molar-refractivity contribution < 1.29 is 13.2 Å². The number of sulfone groups is 1. The minimum Gasteiger partial charge on any atom is -0.474 e. The molecule has 1 heterocycles. The smallest absolute Gasteiger partial charge is 0.218 e. The molecule has 1 fully saturated rings. The van der Waals surface area contributed by atoms with E-state index in [-0.39, 0.29) is 30.1 Å². The molecule has 0 bridgehead atoms. The number of nitrogens with one attached hydrogen (secondary N) is 2. The van der Waals surface area contributed by atoms with Crippen LogP contribution in [-0.2, 0) is 22.9 Å². The number of aliphatic imine (C=N–C) groups is 1. The maximum absolute atomic E-state index is 11.8. The molecule has 176 valence electrons. The summed E-state index contributed by atoms with van der Waals surface area (Å²) in [5, 5.41) is 6.59. The van der Waals surface area contributed by atoms with Gasteiger partial charge in [0.2, 0.25) is 5.88 Å². The normalized spacial score (nSPS) is 14.7. The average Bonchev–Trinajstić information content (AvgIpc) is 3.23. The second-order valence-electron chi connectivity index (χ2n) is 7.91. The van der Waals surface area contributed by atoms with Crippen molar-refractivity contribution in [2.45, 2.75) is 63.6 Å².